The van der Waals surface area contributed by atoms with Crippen LogP contribution in [0.1, 0.15) is 57.2 Å². The zero-order chi connectivity index (χ0) is 27.1. The van der Waals surface area contributed by atoms with Crippen LogP contribution in [0.5, 0.6) is 0 Å². The second kappa shape index (κ2) is 13.1. The molecule has 4 rings (SSSR count). The lowest BCUT2D eigenvalue weighted by molar-refractivity contribution is -0.135. The molecule has 0 spiro atoms. The molecule has 1 aliphatic carbocycles. The Labute approximate surface area is 235 Å². The smallest absolute Gasteiger partial charge is 0.243 e. The van der Waals surface area contributed by atoms with Crippen molar-refractivity contribution in [1.82, 2.24) is 13.8 Å². The third kappa shape index (κ3) is 7.36. The molecule has 8 heteroatoms. The van der Waals surface area contributed by atoms with Crippen LogP contribution in [-0.4, -0.2) is 47.2 Å². The molecule has 1 aromatic heterocycles. The van der Waals surface area contributed by atoms with Gasteiger partial charge in [0.25, 0.3) is 0 Å². The number of carbonyl (C=O) groups is 1. The number of benzene rings is 2. The highest BCUT2D eigenvalue weighted by Crippen LogP contribution is 2.26. The van der Waals surface area contributed by atoms with E-state index in [4.69, 9.17) is 0 Å². The zero-order valence-electron chi connectivity index (χ0n) is 22.3. The first-order chi connectivity index (χ1) is 18.2. The normalized spacial score (nSPS) is 14.8. The number of rotatable bonds is 11. The Balaban J connectivity index is 1.59. The second-order valence-corrected chi connectivity index (χ2v) is 13.4. The summed E-state index contributed by atoms with van der Waals surface area (Å²) < 4.78 is 31.6. The summed E-state index contributed by atoms with van der Waals surface area (Å²) in [6.07, 6.45) is 7.32. The number of aromatic nitrogens is 1. The van der Waals surface area contributed by atoms with E-state index in [1.165, 1.54) is 16.3 Å². The average molecular weight is 601 g/mol. The molecule has 1 fully saturated rings. The van der Waals surface area contributed by atoms with Crippen molar-refractivity contribution in [2.75, 3.05) is 13.1 Å². The minimum absolute atomic E-state index is 0.0826. The van der Waals surface area contributed by atoms with E-state index in [0.717, 1.165) is 42.4 Å². The van der Waals surface area contributed by atoms with Gasteiger partial charge in [0, 0.05) is 35.5 Å². The average Bonchev–Trinajstić information content (AvgIpc) is 3.34. The van der Waals surface area contributed by atoms with Crippen LogP contribution in [0, 0.1) is 5.92 Å². The fourth-order valence-electron chi connectivity index (χ4n) is 5.17. The molecule has 1 aliphatic rings. The summed E-state index contributed by atoms with van der Waals surface area (Å²) in [6.45, 7) is 5.28. The van der Waals surface area contributed by atoms with Crippen LogP contribution in [0.25, 0.3) is 0 Å². The summed E-state index contributed by atoms with van der Waals surface area (Å²) in [4.78, 5) is 16.1. The Morgan fingerprint density at radius 2 is 1.66 bits per heavy atom. The zero-order valence-corrected chi connectivity index (χ0v) is 24.7. The summed E-state index contributed by atoms with van der Waals surface area (Å²) in [5.41, 5.74) is 2.25. The quantitative estimate of drug-likeness (QED) is 0.259. The van der Waals surface area contributed by atoms with Gasteiger partial charge in [-0.1, -0.05) is 79.4 Å². The maximum atomic E-state index is 14.0. The van der Waals surface area contributed by atoms with Crippen molar-refractivity contribution in [3.63, 3.8) is 0 Å². The first kappa shape index (κ1) is 28.6. The highest BCUT2D eigenvalue weighted by molar-refractivity contribution is 9.10. The van der Waals surface area contributed by atoms with Crippen molar-refractivity contribution in [3.05, 3.63) is 88.7 Å². The van der Waals surface area contributed by atoms with Crippen molar-refractivity contribution < 1.29 is 13.2 Å². The third-order valence-electron chi connectivity index (χ3n) is 7.12. The number of hydrogen-bond acceptors (Lipinski definition) is 3. The van der Waals surface area contributed by atoms with Crippen molar-refractivity contribution in [2.24, 2.45) is 5.92 Å². The molecule has 204 valence electrons. The predicted octanol–water partition coefficient (Wildman–Crippen LogP) is 6.31. The molecule has 0 atom stereocenters. The highest BCUT2D eigenvalue weighted by atomic mass is 79.9. The SMILES string of the molecule is CC(C)CN(CC(=O)N(Cc1cccn1Cc1ccccc1)C1CCCCC1)S(=O)(=O)c1ccc(Br)cc1. The minimum Gasteiger partial charge on any atom is -0.345 e. The number of halogens is 1. The van der Waals surface area contributed by atoms with Crippen molar-refractivity contribution in [3.8, 4) is 0 Å². The Morgan fingerprint density at radius 1 is 0.974 bits per heavy atom. The highest BCUT2D eigenvalue weighted by Gasteiger charge is 2.32. The molecule has 0 saturated heterocycles. The Morgan fingerprint density at radius 3 is 2.32 bits per heavy atom. The van der Waals surface area contributed by atoms with E-state index in [1.807, 2.05) is 43.0 Å². The molecule has 0 bridgehead atoms. The number of sulfonamides is 1. The van der Waals surface area contributed by atoms with Crippen molar-refractivity contribution in [2.45, 2.75) is 70.0 Å². The predicted molar refractivity (Wildman–Crippen MR) is 155 cm³/mol. The summed E-state index contributed by atoms with van der Waals surface area (Å²) in [7, 11) is -3.82. The standard InChI is InChI=1S/C30H38BrN3O3S/c1-24(2)20-33(38(36,37)29-17-15-26(31)16-18-29)23-30(35)34(27-12-7-4-8-13-27)22-28-14-9-19-32(28)21-25-10-5-3-6-11-25/h3,5-6,9-11,14-19,24,27H,4,7-8,12-13,20-23H2,1-2H3. The maximum absolute atomic E-state index is 14.0. The van der Waals surface area contributed by atoms with Gasteiger partial charge in [0.1, 0.15) is 0 Å². The molecular formula is C30H38BrN3O3S. The summed E-state index contributed by atoms with van der Waals surface area (Å²) in [5, 5.41) is 0. The van der Waals surface area contributed by atoms with Gasteiger partial charge in [-0.25, -0.2) is 8.42 Å². The van der Waals surface area contributed by atoms with E-state index in [1.54, 1.807) is 24.3 Å². The first-order valence-electron chi connectivity index (χ1n) is 13.5. The number of amides is 1. The van der Waals surface area contributed by atoms with Gasteiger partial charge in [-0.05, 0) is 60.7 Å². The lowest BCUT2D eigenvalue weighted by Gasteiger charge is -2.36. The van der Waals surface area contributed by atoms with E-state index in [-0.39, 0.29) is 35.9 Å². The summed E-state index contributed by atoms with van der Waals surface area (Å²) in [6, 6.07) is 21.1. The molecule has 1 amide bonds. The van der Waals surface area contributed by atoms with E-state index in [2.05, 4.69) is 44.9 Å². The molecule has 6 nitrogen and oxygen atoms in total. The number of hydrogen-bond donors (Lipinski definition) is 0. The van der Waals surface area contributed by atoms with E-state index in [9.17, 15) is 13.2 Å². The molecule has 2 aromatic carbocycles. The van der Waals surface area contributed by atoms with Crippen molar-refractivity contribution >= 4 is 31.9 Å². The van der Waals surface area contributed by atoms with Crippen LogP contribution >= 0.6 is 15.9 Å². The van der Waals surface area contributed by atoms with Crippen LogP contribution in [0.4, 0.5) is 0 Å². The monoisotopic (exact) mass is 599 g/mol. The summed E-state index contributed by atoms with van der Waals surface area (Å²) in [5.74, 6) is -0.0510. The van der Waals surface area contributed by atoms with Crippen LogP contribution in [0.3, 0.4) is 0 Å². The fourth-order valence-corrected chi connectivity index (χ4v) is 6.99. The van der Waals surface area contributed by atoms with Gasteiger partial charge >= 0.3 is 0 Å². The molecule has 0 N–H and O–H groups in total. The maximum Gasteiger partial charge on any atom is 0.243 e. The second-order valence-electron chi connectivity index (χ2n) is 10.6. The first-order valence-corrected chi connectivity index (χ1v) is 15.7. The molecule has 38 heavy (non-hydrogen) atoms. The Kier molecular flexibility index (Phi) is 9.85. The fraction of sp³-hybridized carbons (Fsp3) is 0.433. The van der Waals surface area contributed by atoms with Crippen LogP contribution in [0.15, 0.2) is 82.3 Å². The van der Waals surface area contributed by atoms with Gasteiger partial charge in [0.15, 0.2) is 0 Å². The van der Waals surface area contributed by atoms with Gasteiger partial charge in [-0.3, -0.25) is 4.79 Å². The minimum atomic E-state index is -3.82. The van der Waals surface area contributed by atoms with E-state index >= 15 is 0 Å². The van der Waals surface area contributed by atoms with Crippen LogP contribution in [0.2, 0.25) is 0 Å². The van der Waals surface area contributed by atoms with Gasteiger partial charge in [0.05, 0.1) is 18.0 Å². The van der Waals surface area contributed by atoms with E-state index < -0.39 is 10.0 Å². The topological polar surface area (TPSA) is 62.6 Å². The number of nitrogens with zero attached hydrogens (tertiary/aromatic N) is 3. The molecular weight excluding hydrogens is 562 g/mol. The molecule has 1 heterocycles. The van der Waals surface area contributed by atoms with Gasteiger partial charge in [0.2, 0.25) is 15.9 Å². The Hall–Kier alpha value is -2.42. The van der Waals surface area contributed by atoms with Gasteiger partial charge < -0.3 is 9.47 Å². The Bertz CT molecular complexity index is 1280. The van der Waals surface area contributed by atoms with Gasteiger partial charge in [-0.15, -0.1) is 0 Å². The van der Waals surface area contributed by atoms with Gasteiger partial charge in [-0.2, -0.15) is 4.31 Å². The van der Waals surface area contributed by atoms with E-state index in [0.29, 0.717) is 6.54 Å². The van der Waals surface area contributed by atoms with Crippen molar-refractivity contribution in [1.29, 1.82) is 0 Å². The molecule has 1 saturated carbocycles. The number of carbonyl (C=O) groups excluding carboxylic acids is 1. The van der Waals surface area contributed by atoms with Crippen LogP contribution < -0.4 is 0 Å². The lowest BCUT2D eigenvalue weighted by Crippen LogP contribution is -2.48. The van der Waals surface area contributed by atoms with Crippen LogP contribution in [-0.2, 0) is 27.9 Å². The molecule has 0 aliphatic heterocycles. The molecule has 3 aromatic rings. The molecule has 0 radical (unpaired) electrons. The largest absolute Gasteiger partial charge is 0.345 e. The summed E-state index contributed by atoms with van der Waals surface area (Å²) >= 11 is 3.38. The lowest BCUT2D eigenvalue weighted by atomic mass is 9.94. The third-order valence-corrected chi connectivity index (χ3v) is 9.47. The molecule has 0 unspecified atom stereocenters.